The second kappa shape index (κ2) is 9.50. The summed E-state index contributed by atoms with van der Waals surface area (Å²) in [5, 5.41) is 3.18. The quantitative estimate of drug-likeness (QED) is 0.767. The van der Waals surface area contributed by atoms with Crippen LogP contribution in [0.2, 0.25) is 0 Å². The van der Waals surface area contributed by atoms with Crippen molar-refractivity contribution < 1.29 is 18.7 Å². The molecule has 170 valence electrons. The molecule has 3 heterocycles. The molecule has 2 aromatic rings. The maximum atomic E-state index is 13.0. The van der Waals surface area contributed by atoms with Crippen molar-refractivity contribution in [2.24, 2.45) is 0 Å². The molecule has 2 amide bonds. The number of amides is 2. The van der Waals surface area contributed by atoms with Crippen molar-refractivity contribution in [2.75, 3.05) is 38.6 Å². The van der Waals surface area contributed by atoms with Gasteiger partial charge in [-0.2, -0.15) is 0 Å². The maximum Gasteiger partial charge on any atom is 0.260 e. The van der Waals surface area contributed by atoms with Crippen LogP contribution < -0.4 is 10.1 Å². The number of hydrogen-bond acceptors (Lipinski definition) is 6. The smallest absolute Gasteiger partial charge is 0.260 e. The van der Waals surface area contributed by atoms with Crippen LogP contribution >= 0.6 is 0 Å². The molecule has 2 aliphatic rings. The van der Waals surface area contributed by atoms with E-state index < -0.39 is 0 Å². The van der Waals surface area contributed by atoms with E-state index in [0.717, 1.165) is 35.7 Å². The summed E-state index contributed by atoms with van der Waals surface area (Å²) in [5.41, 5.74) is 1.90. The summed E-state index contributed by atoms with van der Waals surface area (Å²) in [6.45, 7) is 3.87. The standard InChI is InChI=1S/C23H28FN5O3/c1-15(30)28-10-7-16(8-11-28)22-26-20-13-29(12-9-19(20)23(25-2)27-22)21(31)14-32-18-5-3-17(24)4-6-18/h3-6,16H,7-14H2,1-2H3,(H,25,26,27). The highest BCUT2D eigenvalue weighted by molar-refractivity contribution is 5.78. The first kappa shape index (κ1) is 22.0. The van der Waals surface area contributed by atoms with Crippen LogP contribution in [0, 0.1) is 5.82 Å². The number of fused-ring (bicyclic) bond motifs is 1. The summed E-state index contributed by atoms with van der Waals surface area (Å²) < 4.78 is 18.6. The summed E-state index contributed by atoms with van der Waals surface area (Å²) in [6, 6.07) is 5.61. The summed E-state index contributed by atoms with van der Waals surface area (Å²) in [6.07, 6.45) is 2.32. The SMILES string of the molecule is CNc1nc(C2CCN(C(C)=O)CC2)nc2c1CCN(C(=O)COc1ccc(F)cc1)C2. The number of nitrogens with zero attached hydrogens (tertiary/aromatic N) is 4. The monoisotopic (exact) mass is 441 g/mol. The predicted molar refractivity (Wildman–Crippen MR) is 117 cm³/mol. The molecule has 0 spiro atoms. The molecule has 0 radical (unpaired) electrons. The Labute approximate surface area is 186 Å². The van der Waals surface area contributed by atoms with Crippen LogP contribution in [0.3, 0.4) is 0 Å². The van der Waals surface area contributed by atoms with Gasteiger partial charge in [0.05, 0.1) is 12.2 Å². The zero-order chi connectivity index (χ0) is 22.7. The Morgan fingerprint density at radius 2 is 1.84 bits per heavy atom. The number of piperidine rings is 1. The van der Waals surface area contributed by atoms with Crippen molar-refractivity contribution in [3.05, 3.63) is 47.2 Å². The maximum absolute atomic E-state index is 13.0. The van der Waals surface area contributed by atoms with Gasteiger partial charge >= 0.3 is 0 Å². The summed E-state index contributed by atoms with van der Waals surface area (Å²) in [5.74, 6) is 1.84. The lowest BCUT2D eigenvalue weighted by Crippen LogP contribution is -2.40. The molecule has 1 aromatic heterocycles. The topological polar surface area (TPSA) is 87.7 Å². The molecular weight excluding hydrogens is 413 g/mol. The Bertz CT molecular complexity index is 990. The molecule has 9 heteroatoms. The number of halogens is 1. The van der Waals surface area contributed by atoms with Gasteiger partial charge in [0.1, 0.15) is 23.2 Å². The molecule has 1 saturated heterocycles. The van der Waals surface area contributed by atoms with Crippen LogP contribution in [0.15, 0.2) is 24.3 Å². The van der Waals surface area contributed by atoms with Gasteiger partial charge in [-0.25, -0.2) is 14.4 Å². The largest absolute Gasteiger partial charge is 0.484 e. The summed E-state index contributed by atoms with van der Waals surface area (Å²) >= 11 is 0. The minimum atomic E-state index is -0.348. The van der Waals surface area contributed by atoms with E-state index in [-0.39, 0.29) is 30.2 Å². The third-order valence-corrected chi connectivity index (χ3v) is 6.15. The molecule has 0 saturated carbocycles. The molecule has 0 atom stereocenters. The van der Waals surface area contributed by atoms with E-state index in [1.54, 1.807) is 11.8 Å². The van der Waals surface area contributed by atoms with Gasteiger partial charge in [-0.15, -0.1) is 0 Å². The molecule has 8 nitrogen and oxygen atoms in total. The van der Waals surface area contributed by atoms with E-state index in [1.807, 2.05) is 11.9 Å². The van der Waals surface area contributed by atoms with Crippen molar-refractivity contribution in [1.29, 1.82) is 0 Å². The van der Waals surface area contributed by atoms with E-state index in [2.05, 4.69) is 5.32 Å². The highest BCUT2D eigenvalue weighted by Crippen LogP contribution is 2.30. The molecule has 0 aliphatic carbocycles. The van der Waals surface area contributed by atoms with E-state index in [4.69, 9.17) is 14.7 Å². The summed E-state index contributed by atoms with van der Waals surface area (Å²) in [7, 11) is 1.85. The lowest BCUT2D eigenvalue weighted by Gasteiger charge is -2.32. The lowest BCUT2D eigenvalue weighted by molar-refractivity contribution is -0.134. The van der Waals surface area contributed by atoms with Gasteiger partial charge in [0.15, 0.2) is 6.61 Å². The number of rotatable bonds is 5. The zero-order valence-electron chi connectivity index (χ0n) is 18.4. The Balaban J connectivity index is 1.44. The number of carbonyl (C=O) groups is 2. The third kappa shape index (κ3) is 4.81. The van der Waals surface area contributed by atoms with Gasteiger partial charge in [0.2, 0.25) is 5.91 Å². The van der Waals surface area contributed by atoms with Gasteiger partial charge in [0, 0.05) is 45.1 Å². The number of hydrogen-bond donors (Lipinski definition) is 1. The van der Waals surface area contributed by atoms with Crippen molar-refractivity contribution in [1.82, 2.24) is 19.8 Å². The van der Waals surface area contributed by atoms with Gasteiger partial charge in [-0.3, -0.25) is 9.59 Å². The lowest BCUT2D eigenvalue weighted by atomic mass is 9.95. The average Bonchev–Trinajstić information content (AvgIpc) is 2.82. The molecule has 32 heavy (non-hydrogen) atoms. The molecule has 0 unspecified atom stereocenters. The molecule has 1 aromatic carbocycles. The van der Waals surface area contributed by atoms with Crippen LogP contribution in [-0.4, -0.2) is 64.9 Å². The van der Waals surface area contributed by atoms with Crippen molar-refractivity contribution in [2.45, 2.75) is 38.6 Å². The van der Waals surface area contributed by atoms with Crippen LogP contribution in [0.25, 0.3) is 0 Å². The number of carbonyl (C=O) groups excluding carboxylic acids is 2. The molecule has 1 N–H and O–H groups in total. The molecule has 1 fully saturated rings. The fourth-order valence-corrected chi connectivity index (χ4v) is 4.27. The highest BCUT2D eigenvalue weighted by Gasteiger charge is 2.29. The highest BCUT2D eigenvalue weighted by atomic mass is 19.1. The fraction of sp³-hybridized carbons (Fsp3) is 0.478. The van der Waals surface area contributed by atoms with Crippen molar-refractivity contribution >= 4 is 17.6 Å². The molecular formula is C23H28FN5O3. The number of benzene rings is 1. The number of anilines is 1. The average molecular weight is 442 g/mol. The van der Waals surface area contributed by atoms with Crippen LogP contribution in [0.1, 0.15) is 42.8 Å². The molecule has 0 bridgehead atoms. The first-order chi connectivity index (χ1) is 15.4. The minimum absolute atomic E-state index is 0.0998. The number of likely N-dealkylation sites (tertiary alicyclic amines) is 1. The van der Waals surface area contributed by atoms with Crippen LogP contribution in [0.5, 0.6) is 5.75 Å². The Morgan fingerprint density at radius 3 is 2.50 bits per heavy atom. The van der Waals surface area contributed by atoms with Gasteiger partial charge in [0.25, 0.3) is 5.91 Å². The minimum Gasteiger partial charge on any atom is -0.484 e. The normalized spacial score (nSPS) is 16.5. The van der Waals surface area contributed by atoms with Crippen LogP contribution in [-0.2, 0) is 22.6 Å². The fourth-order valence-electron chi connectivity index (χ4n) is 4.27. The first-order valence-electron chi connectivity index (χ1n) is 10.9. The number of ether oxygens (including phenoxy) is 1. The van der Waals surface area contributed by atoms with E-state index in [1.165, 1.54) is 24.3 Å². The molecule has 4 rings (SSSR count). The van der Waals surface area contributed by atoms with E-state index >= 15 is 0 Å². The van der Waals surface area contributed by atoms with Crippen LogP contribution in [0.4, 0.5) is 10.2 Å². The predicted octanol–water partition coefficient (Wildman–Crippen LogP) is 2.35. The Kier molecular flexibility index (Phi) is 6.53. The second-order valence-corrected chi connectivity index (χ2v) is 8.19. The Hall–Kier alpha value is -3.23. The Morgan fingerprint density at radius 1 is 1.12 bits per heavy atom. The zero-order valence-corrected chi connectivity index (χ0v) is 18.4. The van der Waals surface area contributed by atoms with E-state index in [0.29, 0.717) is 38.3 Å². The first-order valence-corrected chi connectivity index (χ1v) is 10.9. The van der Waals surface area contributed by atoms with E-state index in [9.17, 15) is 14.0 Å². The number of aromatic nitrogens is 2. The number of nitrogens with one attached hydrogen (secondary N) is 1. The molecule has 2 aliphatic heterocycles. The van der Waals surface area contributed by atoms with Gasteiger partial charge < -0.3 is 19.9 Å². The van der Waals surface area contributed by atoms with Gasteiger partial charge in [-0.05, 0) is 43.5 Å². The third-order valence-electron chi connectivity index (χ3n) is 6.15. The summed E-state index contributed by atoms with van der Waals surface area (Å²) in [4.78, 5) is 37.5. The van der Waals surface area contributed by atoms with Gasteiger partial charge in [-0.1, -0.05) is 0 Å². The second-order valence-electron chi connectivity index (χ2n) is 8.19. The van der Waals surface area contributed by atoms with Crippen molar-refractivity contribution in [3.63, 3.8) is 0 Å². The van der Waals surface area contributed by atoms with Crippen molar-refractivity contribution in [3.8, 4) is 5.75 Å².